The molecule has 0 aromatic heterocycles. The molecule has 0 aliphatic rings. The molecule has 0 amide bonds. The number of para-hydroxylation sites is 1. The standard InChI is InChI=1S/C32H48O3/c1-3-4-5-6-7-8-9-10-11-12-13-14-15-19-26-32(33)35-28(2)30-24-20-21-25-31(30)34-27-29-22-17-16-18-23-29/h16-18,20-25,28H,3-15,19,26-27H2,1-2H3. The van der Waals surface area contributed by atoms with Gasteiger partial charge in [-0.3, -0.25) is 4.79 Å². The van der Waals surface area contributed by atoms with E-state index in [2.05, 4.69) is 6.92 Å². The van der Waals surface area contributed by atoms with Gasteiger partial charge in [-0.05, 0) is 25.0 Å². The number of carbonyl (C=O) groups is 1. The lowest BCUT2D eigenvalue weighted by Gasteiger charge is -2.18. The third-order valence-electron chi connectivity index (χ3n) is 6.64. The van der Waals surface area contributed by atoms with Crippen LogP contribution in [0.2, 0.25) is 0 Å². The van der Waals surface area contributed by atoms with E-state index >= 15 is 0 Å². The third-order valence-corrected chi connectivity index (χ3v) is 6.64. The summed E-state index contributed by atoms with van der Waals surface area (Å²) in [6.07, 6.45) is 18.6. The molecule has 0 heterocycles. The monoisotopic (exact) mass is 480 g/mol. The maximum atomic E-state index is 12.4. The van der Waals surface area contributed by atoms with Crippen LogP contribution in [0.25, 0.3) is 0 Å². The first-order valence-corrected chi connectivity index (χ1v) is 14.2. The van der Waals surface area contributed by atoms with Crippen LogP contribution in [0.1, 0.15) is 127 Å². The number of carbonyl (C=O) groups excluding carboxylic acids is 1. The van der Waals surface area contributed by atoms with Crippen molar-refractivity contribution in [3.8, 4) is 5.75 Å². The Morgan fingerprint density at radius 1 is 0.686 bits per heavy atom. The number of unbranched alkanes of at least 4 members (excludes halogenated alkanes) is 13. The number of hydrogen-bond donors (Lipinski definition) is 0. The molecular weight excluding hydrogens is 432 g/mol. The molecule has 0 saturated heterocycles. The fourth-order valence-electron chi connectivity index (χ4n) is 4.47. The minimum atomic E-state index is -0.318. The highest BCUT2D eigenvalue weighted by Crippen LogP contribution is 2.28. The van der Waals surface area contributed by atoms with Crippen molar-refractivity contribution in [1.82, 2.24) is 0 Å². The van der Waals surface area contributed by atoms with Crippen molar-refractivity contribution < 1.29 is 14.3 Å². The van der Waals surface area contributed by atoms with Crippen LogP contribution in [-0.4, -0.2) is 5.97 Å². The van der Waals surface area contributed by atoms with E-state index in [0.29, 0.717) is 13.0 Å². The van der Waals surface area contributed by atoms with Gasteiger partial charge in [-0.1, -0.05) is 139 Å². The topological polar surface area (TPSA) is 35.5 Å². The second kappa shape index (κ2) is 19.0. The van der Waals surface area contributed by atoms with Gasteiger partial charge in [0.25, 0.3) is 0 Å². The van der Waals surface area contributed by atoms with Crippen LogP contribution in [0.4, 0.5) is 0 Å². The fourth-order valence-corrected chi connectivity index (χ4v) is 4.47. The first kappa shape index (κ1) is 28.9. The fraction of sp³-hybridized carbons (Fsp3) is 0.594. The Labute approximate surface area is 214 Å². The summed E-state index contributed by atoms with van der Waals surface area (Å²) in [5.41, 5.74) is 2.03. The molecule has 0 bridgehead atoms. The zero-order chi connectivity index (χ0) is 25.0. The highest BCUT2D eigenvalue weighted by Gasteiger charge is 2.16. The maximum Gasteiger partial charge on any atom is 0.306 e. The number of rotatable bonds is 20. The normalized spacial score (nSPS) is 11.8. The number of hydrogen-bond acceptors (Lipinski definition) is 3. The molecule has 0 fully saturated rings. The predicted octanol–water partition coefficient (Wildman–Crippen LogP) is 9.74. The Kier molecular flexibility index (Phi) is 15.7. The van der Waals surface area contributed by atoms with E-state index in [0.717, 1.165) is 29.7 Å². The molecule has 0 N–H and O–H groups in total. The average molecular weight is 481 g/mol. The van der Waals surface area contributed by atoms with Crippen molar-refractivity contribution in [2.24, 2.45) is 0 Å². The van der Waals surface area contributed by atoms with Crippen LogP contribution in [0, 0.1) is 0 Å². The summed E-state index contributed by atoms with van der Waals surface area (Å²) in [4.78, 5) is 12.4. The summed E-state index contributed by atoms with van der Waals surface area (Å²) in [5, 5.41) is 0. The molecule has 0 spiro atoms. The van der Waals surface area contributed by atoms with Gasteiger partial charge in [0.2, 0.25) is 0 Å². The number of ether oxygens (including phenoxy) is 2. The third kappa shape index (κ3) is 13.4. The molecule has 194 valence electrons. The van der Waals surface area contributed by atoms with E-state index in [1.54, 1.807) is 0 Å². The van der Waals surface area contributed by atoms with Gasteiger partial charge in [0.05, 0.1) is 0 Å². The minimum absolute atomic E-state index is 0.116. The van der Waals surface area contributed by atoms with E-state index in [1.165, 1.54) is 77.0 Å². The lowest BCUT2D eigenvalue weighted by molar-refractivity contribution is -0.148. The van der Waals surface area contributed by atoms with Gasteiger partial charge >= 0.3 is 5.97 Å². The van der Waals surface area contributed by atoms with Gasteiger partial charge in [-0.15, -0.1) is 0 Å². The van der Waals surface area contributed by atoms with Crippen molar-refractivity contribution >= 4 is 5.97 Å². The van der Waals surface area contributed by atoms with E-state index in [1.807, 2.05) is 61.5 Å². The van der Waals surface area contributed by atoms with Crippen molar-refractivity contribution in [2.45, 2.75) is 123 Å². The first-order valence-electron chi connectivity index (χ1n) is 14.2. The zero-order valence-corrected chi connectivity index (χ0v) is 22.3. The summed E-state index contributed by atoms with van der Waals surface area (Å²) >= 11 is 0. The summed E-state index contributed by atoms with van der Waals surface area (Å²) in [6.45, 7) is 4.70. The van der Waals surface area contributed by atoms with E-state index in [4.69, 9.17) is 9.47 Å². The lowest BCUT2D eigenvalue weighted by Crippen LogP contribution is -2.10. The predicted molar refractivity (Wildman–Crippen MR) is 147 cm³/mol. The largest absolute Gasteiger partial charge is 0.488 e. The van der Waals surface area contributed by atoms with Crippen LogP contribution in [0.5, 0.6) is 5.75 Å². The van der Waals surface area contributed by atoms with Crippen LogP contribution >= 0.6 is 0 Å². The molecule has 1 unspecified atom stereocenters. The highest BCUT2D eigenvalue weighted by atomic mass is 16.5. The van der Waals surface area contributed by atoms with Crippen LogP contribution in [0.15, 0.2) is 54.6 Å². The van der Waals surface area contributed by atoms with Crippen molar-refractivity contribution in [1.29, 1.82) is 0 Å². The molecule has 3 nitrogen and oxygen atoms in total. The quantitative estimate of drug-likeness (QED) is 0.140. The summed E-state index contributed by atoms with van der Waals surface area (Å²) in [7, 11) is 0. The SMILES string of the molecule is CCCCCCCCCCCCCCCCC(=O)OC(C)c1ccccc1OCc1ccccc1. The van der Waals surface area contributed by atoms with Gasteiger partial charge in [0.1, 0.15) is 18.5 Å². The van der Waals surface area contributed by atoms with E-state index < -0.39 is 0 Å². The number of benzene rings is 2. The highest BCUT2D eigenvalue weighted by molar-refractivity contribution is 5.69. The Morgan fingerprint density at radius 2 is 1.20 bits per heavy atom. The molecule has 0 aliphatic carbocycles. The number of esters is 1. The minimum Gasteiger partial charge on any atom is -0.488 e. The van der Waals surface area contributed by atoms with Gasteiger partial charge in [-0.2, -0.15) is 0 Å². The molecule has 2 aromatic carbocycles. The Morgan fingerprint density at radius 3 is 1.80 bits per heavy atom. The van der Waals surface area contributed by atoms with Crippen LogP contribution < -0.4 is 4.74 Å². The molecule has 3 heteroatoms. The molecule has 2 aromatic rings. The second-order valence-electron chi connectivity index (χ2n) is 9.79. The van der Waals surface area contributed by atoms with Crippen LogP contribution in [0.3, 0.4) is 0 Å². The Bertz CT molecular complexity index is 786. The molecule has 0 aliphatic heterocycles. The van der Waals surface area contributed by atoms with Crippen molar-refractivity contribution in [2.75, 3.05) is 0 Å². The Hall–Kier alpha value is -2.29. The zero-order valence-electron chi connectivity index (χ0n) is 22.3. The average Bonchev–Trinajstić information content (AvgIpc) is 2.88. The second-order valence-corrected chi connectivity index (χ2v) is 9.79. The van der Waals surface area contributed by atoms with Gasteiger partial charge < -0.3 is 9.47 Å². The summed E-state index contributed by atoms with van der Waals surface area (Å²) in [5.74, 6) is 0.655. The Balaban J connectivity index is 1.52. The van der Waals surface area contributed by atoms with Gasteiger partial charge in [0, 0.05) is 12.0 Å². The van der Waals surface area contributed by atoms with Crippen molar-refractivity contribution in [3.05, 3.63) is 65.7 Å². The maximum absolute atomic E-state index is 12.4. The van der Waals surface area contributed by atoms with Gasteiger partial charge in [-0.25, -0.2) is 0 Å². The molecule has 0 radical (unpaired) electrons. The first-order chi connectivity index (χ1) is 17.2. The molecule has 0 saturated carbocycles. The molecule has 1 atom stereocenters. The van der Waals surface area contributed by atoms with Crippen LogP contribution in [-0.2, 0) is 16.1 Å². The molecule has 35 heavy (non-hydrogen) atoms. The van der Waals surface area contributed by atoms with E-state index in [-0.39, 0.29) is 12.1 Å². The molecule has 2 rings (SSSR count). The lowest BCUT2D eigenvalue weighted by atomic mass is 10.0. The van der Waals surface area contributed by atoms with E-state index in [9.17, 15) is 4.79 Å². The summed E-state index contributed by atoms with van der Waals surface area (Å²) < 4.78 is 11.7. The molecular formula is C32H48O3. The van der Waals surface area contributed by atoms with Crippen molar-refractivity contribution in [3.63, 3.8) is 0 Å². The smallest absolute Gasteiger partial charge is 0.306 e. The summed E-state index contributed by atoms with van der Waals surface area (Å²) in [6, 6.07) is 17.9. The van der Waals surface area contributed by atoms with Gasteiger partial charge in [0.15, 0.2) is 0 Å².